The Morgan fingerprint density at radius 1 is 0.900 bits per heavy atom. The molecule has 0 aromatic rings. The zero-order valence-corrected chi connectivity index (χ0v) is 12.4. The van der Waals surface area contributed by atoms with Gasteiger partial charge in [0.25, 0.3) is 0 Å². The Morgan fingerprint density at radius 3 is 1.70 bits per heavy atom. The molecule has 0 aliphatic carbocycles. The van der Waals surface area contributed by atoms with Gasteiger partial charge < -0.3 is 14.3 Å². The standard InChI is InChI=1S/C14H25NO5/c1-19-11-5-3-7-13(17)15(9-10-16)14(18)8-4-6-12-20-2/h10H,3-9,11-12H2,1-2H3. The molecule has 0 atom stereocenters. The minimum Gasteiger partial charge on any atom is -0.385 e. The van der Waals surface area contributed by atoms with Crippen molar-refractivity contribution < 1.29 is 23.9 Å². The van der Waals surface area contributed by atoms with Gasteiger partial charge >= 0.3 is 0 Å². The number of rotatable bonds is 12. The molecule has 0 heterocycles. The van der Waals surface area contributed by atoms with Crippen molar-refractivity contribution in [2.75, 3.05) is 34.0 Å². The van der Waals surface area contributed by atoms with Crippen molar-refractivity contribution in [3.05, 3.63) is 0 Å². The zero-order chi connectivity index (χ0) is 15.2. The highest BCUT2D eigenvalue weighted by molar-refractivity contribution is 5.96. The highest BCUT2D eigenvalue weighted by Crippen LogP contribution is 2.06. The Bertz CT molecular complexity index is 269. The van der Waals surface area contributed by atoms with Crippen molar-refractivity contribution in [1.82, 2.24) is 4.90 Å². The first-order valence-electron chi connectivity index (χ1n) is 6.92. The number of aldehydes is 1. The van der Waals surface area contributed by atoms with Gasteiger partial charge in [0.1, 0.15) is 6.29 Å². The molecule has 0 rings (SSSR count). The lowest BCUT2D eigenvalue weighted by Gasteiger charge is -2.18. The average Bonchev–Trinajstić information content (AvgIpc) is 2.45. The first-order valence-corrected chi connectivity index (χ1v) is 6.92. The molecule has 116 valence electrons. The third-order valence-corrected chi connectivity index (χ3v) is 2.84. The molecule has 6 heteroatoms. The van der Waals surface area contributed by atoms with Crippen LogP contribution < -0.4 is 0 Å². The maximum absolute atomic E-state index is 11.9. The van der Waals surface area contributed by atoms with Crippen LogP contribution >= 0.6 is 0 Å². The molecule has 2 amide bonds. The van der Waals surface area contributed by atoms with E-state index in [9.17, 15) is 14.4 Å². The molecule has 0 radical (unpaired) electrons. The van der Waals surface area contributed by atoms with Crippen LogP contribution in [0.5, 0.6) is 0 Å². The van der Waals surface area contributed by atoms with Crippen molar-refractivity contribution >= 4 is 18.1 Å². The fourth-order valence-electron chi connectivity index (χ4n) is 1.73. The quantitative estimate of drug-likeness (QED) is 0.398. The van der Waals surface area contributed by atoms with E-state index in [4.69, 9.17) is 9.47 Å². The summed E-state index contributed by atoms with van der Waals surface area (Å²) < 4.78 is 9.79. The lowest BCUT2D eigenvalue weighted by atomic mass is 10.2. The van der Waals surface area contributed by atoms with Gasteiger partial charge in [-0.2, -0.15) is 0 Å². The number of ether oxygens (including phenoxy) is 2. The number of nitrogens with zero attached hydrogens (tertiary/aromatic N) is 1. The van der Waals surface area contributed by atoms with Gasteiger partial charge in [0.05, 0.1) is 6.54 Å². The van der Waals surface area contributed by atoms with E-state index in [-0.39, 0.29) is 31.2 Å². The number of imide groups is 1. The molecule has 0 unspecified atom stereocenters. The maximum Gasteiger partial charge on any atom is 0.229 e. The smallest absolute Gasteiger partial charge is 0.229 e. The largest absolute Gasteiger partial charge is 0.385 e. The van der Waals surface area contributed by atoms with E-state index in [1.807, 2.05) is 0 Å². The number of amides is 2. The molecule has 0 saturated carbocycles. The summed E-state index contributed by atoms with van der Waals surface area (Å²) >= 11 is 0. The second kappa shape index (κ2) is 12.7. The van der Waals surface area contributed by atoms with Crippen molar-refractivity contribution in [2.45, 2.75) is 38.5 Å². The molecule has 0 aromatic carbocycles. The third-order valence-electron chi connectivity index (χ3n) is 2.84. The number of carbonyl (C=O) groups is 3. The van der Waals surface area contributed by atoms with E-state index in [1.54, 1.807) is 14.2 Å². The molecule has 0 fully saturated rings. The van der Waals surface area contributed by atoms with Gasteiger partial charge in [-0.25, -0.2) is 0 Å². The number of carbonyl (C=O) groups excluding carboxylic acids is 3. The fraction of sp³-hybridized carbons (Fsp3) is 0.786. The van der Waals surface area contributed by atoms with Crippen LogP contribution in [0.25, 0.3) is 0 Å². The maximum atomic E-state index is 11.9. The summed E-state index contributed by atoms with van der Waals surface area (Å²) in [4.78, 5) is 35.5. The van der Waals surface area contributed by atoms with E-state index in [2.05, 4.69) is 0 Å². The molecule has 0 aromatic heterocycles. The topological polar surface area (TPSA) is 72.9 Å². The van der Waals surface area contributed by atoms with Gasteiger partial charge in [-0.3, -0.25) is 14.5 Å². The molecule has 0 saturated heterocycles. The fourth-order valence-corrected chi connectivity index (χ4v) is 1.73. The van der Waals surface area contributed by atoms with E-state index >= 15 is 0 Å². The minimum atomic E-state index is -0.287. The van der Waals surface area contributed by atoms with Crippen molar-refractivity contribution in [3.63, 3.8) is 0 Å². The van der Waals surface area contributed by atoms with Gasteiger partial charge in [0, 0.05) is 40.3 Å². The van der Waals surface area contributed by atoms with Crippen LogP contribution in [-0.2, 0) is 23.9 Å². The Labute approximate surface area is 120 Å². The van der Waals surface area contributed by atoms with Crippen molar-refractivity contribution in [1.29, 1.82) is 0 Å². The second-order valence-corrected chi connectivity index (χ2v) is 4.46. The summed E-state index contributed by atoms with van der Waals surface area (Å²) in [5.41, 5.74) is 0. The SMILES string of the molecule is COCCCCC(=O)N(CC=O)C(=O)CCCCOC. The predicted octanol–water partition coefficient (Wildman–Crippen LogP) is 1.17. The molecule has 0 aliphatic heterocycles. The van der Waals surface area contributed by atoms with Crippen LogP contribution in [0.3, 0.4) is 0 Å². The van der Waals surface area contributed by atoms with E-state index in [1.165, 1.54) is 0 Å². The van der Waals surface area contributed by atoms with Gasteiger partial charge in [0.15, 0.2) is 0 Å². The second-order valence-electron chi connectivity index (χ2n) is 4.46. The van der Waals surface area contributed by atoms with Crippen LogP contribution in [0.1, 0.15) is 38.5 Å². The van der Waals surface area contributed by atoms with Crippen LogP contribution in [-0.4, -0.2) is 57.0 Å². The summed E-state index contributed by atoms with van der Waals surface area (Å²) in [6.07, 6.45) is 3.94. The molecule has 6 nitrogen and oxygen atoms in total. The highest BCUT2D eigenvalue weighted by atomic mass is 16.5. The first kappa shape index (κ1) is 18.7. The monoisotopic (exact) mass is 287 g/mol. The first-order chi connectivity index (χ1) is 9.67. The summed E-state index contributed by atoms with van der Waals surface area (Å²) in [6.45, 7) is 1.02. The van der Waals surface area contributed by atoms with Crippen LogP contribution in [0, 0.1) is 0 Å². The predicted molar refractivity (Wildman–Crippen MR) is 74.2 cm³/mol. The normalized spacial score (nSPS) is 10.3. The Morgan fingerprint density at radius 2 is 1.35 bits per heavy atom. The molecular formula is C14H25NO5. The number of methoxy groups -OCH3 is 2. The van der Waals surface area contributed by atoms with Crippen molar-refractivity contribution in [3.8, 4) is 0 Å². The number of hydrogen-bond acceptors (Lipinski definition) is 5. The lowest BCUT2D eigenvalue weighted by molar-refractivity contribution is -0.146. The number of hydrogen-bond donors (Lipinski definition) is 0. The minimum absolute atomic E-state index is 0.160. The van der Waals surface area contributed by atoms with E-state index in [0.717, 1.165) is 17.7 Å². The third kappa shape index (κ3) is 8.77. The summed E-state index contributed by atoms with van der Waals surface area (Å²) in [5.74, 6) is -0.574. The van der Waals surface area contributed by atoms with Gasteiger partial charge in [-0.05, 0) is 25.7 Å². The Kier molecular flexibility index (Phi) is 11.9. The summed E-state index contributed by atoms with van der Waals surface area (Å²) in [6, 6.07) is 0. The van der Waals surface area contributed by atoms with E-state index in [0.29, 0.717) is 32.3 Å². The van der Waals surface area contributed by atoms with Gasteiger partial charge in [-0.1, -0.05) is 0 Å². The zero-order valence-electron chi connectivity index (χ0n) is 12.4. The van der Waals surface area contributed by atoms with Crippen LogP contribution in [0.4, 0.5) is 0 Å². The van der Waals surface area contributed by atoms with Crippen molar-refractivity contribution in [2.24, 2.45) is 0 Å². The molecule has 0 spiro atoms. The van der Waals surface area contributed by atoms with Crippen LogP contribution in [0.15, 0.2) is 0 Å². The Hall–Kier alpha value is -1.27. The highest BCUT2D eigenvalue weighted by Gasteiger charge is 2.19. The van der Waals surface area contributed by atoms with Gasteiger partial charge in [0.2, 0.25) is 11.8 Å². The molecule has 0 N–H and O–H groups in total. The summed E-state index contributed by atoms with van der Waals surface area (Å²) in [7, 11) is 3.20. The van der Waals surface area contributed by atoms with Crippen LogP contribution in [0.2, 0.25) is 0 Å². The number of unbranched alkanes of at least 4 members (excludes halogenated alkanes) is 2. The lowest BCUT2D eigenvalue weighted by Crippen LogP contribution is -2.38. The molecule has 0 aliphatic rings. The molecule has 0 bridgehead atoms. The average molecular weight is 287 g/mol. The molecule has 20 heavy (non-hydrogen) atoms. The van der Waals surface area contributed by atoms with Gasteiger partial charge in [-0.15, -0.1) is 0 Å². The van der Waals surface area contributed by atoms with E-state index < -0.39 is 0 Å². The summed E-state index contributed by atoms with van der Waals surface area (Å²) in [5, 5.41) is 0. The Balaban J connectivity index is 4.13. The molecular weight excluding hydrogens is 262 g/mol.